The summed E-state index contributed by atoms with van der Waals surface area (Å²) in [7, 11) is 0. The second-order valence-electron chi connectivity index (χ2n) is 8.11. The minimum absolute atomic E-state index is 0.0506. The molecule has 0 unspecified atom stereocenters. The summed E-state index contributed by atoms with van der Waals surface area (Å²) in [5, 5.41) is 19.6. The second kappa shape index (κ2) is 8.70. The first-order valence-corrected chi connectivity index (χ1v) is 9.45. The van der Waals surface area contributed by atoms with Crippen LogP contribution < -0.4 is 0 Å². The molecular formula is C21H32O4. The standard InChI is InChI=1S/C21H32O4/c1-21(2,3)18-14-15(9-10-19(23)25-12-11-22)13-17(20(18)24)16-7-5-4-6-8-16/h13-14,16,22,24H,4-12H2,1-3H3. The monoisotopic (exact) mass is 348 g/mol. The summed E-state index contributed by atoms with van der Waals surface area (Å²) in [5.74, 6) is 0.556. The molecule has 4 heteroatoms. The number of phenols is 1. The SMILES string of the molecule is CC(C)(C)c1cc(CCC(=O)OCCO)cc(C2CCCCC2)c1O. The summed E-state index contributed by atoms with van der Waals surface area (Å²) >= 11 is 0. The van der Waals surface area contributed by atoms with Gasteiger partial charge >= 0.3 is 5.97 Å². The predicted octanol–water partition coefficient (Wildman–Crippen LogP) is 4.21. The molecule has 140 valence electrons. The zero-order chi connectivity index (χ0) is 18.4. The number of carbonyl (C=O) groups is 1. The number of aliphatic hydroxyl groups is 1. The molecule has 0 bridgehead atoms. The van der Waals surface area contributed by atoms with Crippen LogP contribution in [0.15, 0.2) is 12.1 Å². The number of ether oxygens (including phenoxy) is 1. The zero-order valence-electron chi connectivity index (χ0n) is 15.8. The predicted molar refractivity (Wildman–Crippen MR) is 99.0 cm³/mol. The average molecular weight is 348 g/mol. The van der Waals surface area contributed by atoms with Crippen molar-refractivity contribution in [2.45, 2.75) is 77.0 Å². The van der Waals surface area contributed by atoms with E-state index in [-0.39, 0.29) is 24.6 Å². The highest BCUT2D eigenvalue weighted by atomic mass is 16.5. The third-order valence-corrected chi connectivity index (χ3v) is 5.02. The molecule has 0 saturated heterocycles. The quantitative estimate of drug-likeness (QED) is 0.756. The Hall–Kier alpha value is -1.55. The van der Waals surface area contributed by atoms with Crippen molar-refractivity contribution in [3.63, 3.8) is 0 Å². The van der Waals surface area contributed by atoms with Crippen LogP contribution in [0.3, 0.4) is 0 Å². The summed E-state index contributed by atoms with van der Waals surface area (Å²) in [5.41, 5.74) is 2.92. The first kappa shape index (κ1) is 19.8. The molecule has 1 saturated carbocycles. The zero-order valence-corrected chi connectivity index (χ0v) is 15.8. The third-order valence-electron chi connectivity index (χ3n) is 5.02. The number of benzene rings is 1. The molecule has 2 rings (SSSR count). The van der Waals surface area contributed by atoms with E-state index in [1.807, 2.05) is 6.07 Å². The van der Waals surface area contributed by atoms with Crippen LogP contribution in [0.25, 0.3) is 0 Å². The number of rotatable bonds is 6. The molecule has 1 aromatic rings. The van der Waals surface area contributed by atoms with E-state index in [0.717, 1.165) is 29.5 Å². The Morgan fingerprint density at radius 3 is 2.48 bits per heavy atom. The van der Waals surface area contributed by atoms with Crippen molar-refractivity contribution in [1.29, 1.82) is 0 Å². The van der Waals surface area contributed by atoms with E-state index in [2.05, 4.69) is 26.8 Å². The molecule has 2 N–H and O–H groups in total. The van der Waals surface area contributed by atoms with Crippen molar-refractivity contribution in [2.24, 2.45) is 0 Å². The average Bonchev–Trinajstić information content (AvgIpc) is 2.58. The van der Waals surface area contributed by atoms with Crippen molar-refractivity contribution in [2.75, 3.05) is 13.2 Å². The molecule has 0 radical (unpaired) electrons. The minimum Gasteiger partial charge on any atom is -0.507 e. The van der Waals surface area contributed by atoms with Gasteiger partial charge in [-0.2, -0.15) is 0 Å². The highest BCUT2D eigenvalue weighted by Gasteiger charge is 2.26. The van der Waals surface area contributed by atoms with Crippen LogP contribution in [-0.2, 0) is 21.4 Å². The molecule has 4 nitrogen and oxygen atoms in total. The Balaban J connectivity index is 2.25. The van der Waals surface area contributed by atoms with Gasteiger partial charge in [-0.3, -0.25) is 4.79 Å². The molecule has 0 atom stereocenters. The van der Waals surface area contributed by atoms with Gasteiger partial charge in [0.25, 0.3) is 0 Å². The fourth-order valence-corrected chi connectivity index (χ4v) is 3.64. The van der Waals surface area contributed by atoms with Gasteiger partial charge in [-0.25, -0.2) is 0 Å². The van der Waals surface area contributed by atoms with Crippen molar-refractivity contribution >= 4 is 5.97 Å². The maximum Gasteiger partial charge on any atom is 0.306 e. The highest BCUT2D eigenvalue weighted by Crippen LogP contribution is 2.42. The number of aromatic hydroxyl groups is 1. The van der Waals surface area contributed by atoms with Gasteiger partial charge in [0.05, 0.1) is 6.61 Å². The van der Waals surface area contributed by atoms with Gasteiger partial charge in [-0.05, 0) is 47.3 Å². The lowest BCUT2D eigenvalue weighted by Gasteiger charge is -2.28. The Labute approximate surface area is 151 Å². The Bertz CT molecular complexity index is 580. The van der Waals surface area contributed by atoms with Crippen LogP contribution in [0.2, 0.25) is 0 Å². The molecule has 1 fully saturated rings. The van der Waals surface area contributed by atoms with Crippen molar-refractivity contribution in [3.8, 4) is 5.75 Å². The fourth-order valence-electron chi connectivity index (χ4n) is 3.64. The topological polar surface area (TPSA) is 66.8 Å². The summed E-state index contributed by atoms with van der Waals surface area (Å²) in [6.07, 6.45) is 6.84. The molecule has 0 aliphatic heterocycles. The summed E-state index contributed by atoms with van der Waals surface area (Å²) in [6, 6.07) is 4.11. The number of aliphatic hydroxyl groups excluding tert-OH is 1. The number of aryl methyl sites for hydroxylation is 1. The maximum absolute atomic E-state index is 11.7. The van der Waals surface area contributed by atoms with Crippen LogP contribution in [0, 0.1) is 0 Å². The normalized spacial score (nSPS) is 16.0. The number of carbonyl (C=O) groups excluding carboxylic acids is 1. The second-order valence-corrected chi connectivity index (χ2v) is 8.11. The van der Waals surface area contributed by atoms with Crippen LogP contribution in [0.4, 0.5) is 0 Å². The number of hydrogen-bond acceptors (Lipinski definition) is 4. The van der Waals surface area contributed by atoms with Crippen LogP contribution >= 0.6 is 0 Å². The van der Waals surface area contributed by atoms with Gasteiger partial charge in [0.1, 0.15) is 12.4 Å². The molecule has 25 heavy (non-hydrogen) atoms. The van der Waals surface area contributed by atoms with Gasteiger partial charge in [-0.1, -0.05) is 52.2 Å². The molecule has 0 heterocycles. The lowest BCUT2D eigenvalue weighted by molar-refractivity contribution is -0.144. The van der Waals surface area contributed by atoms with Crippen molar-refractivity contribution in [3.05, 3.63) is 28.8 Å². The molecule has 0 amide bonds. The molecule has 1 aliphatic carbocycles. The third kappa shape index (κ3) is 5.46. The van der Waals surface area contributed by atoms with Crippen LogP contribution in [0.1, 0.15) is 81.9 Å². The van der Waals surface area contributed by atoms with Gasteiger partial charge in [-0.15, -0.1) is 0 Å². The lowest BCUT2D eigenvalue weighted by Crippen LogP contribution is -2.15. The number of phenolic OH excluding ortho intramolecular Hbond substituents is 1. The highest BCUT2D eigenvalue weighted by molar-refractivity contribution is 5.69. The van der Waals surface area contributed by atoms with E-state index in [4.69, 9.17) is 9.84 Å². The summed E-state index contributed by atoms with van der Waals surface area (Å²) in [4.78, 5) is 11.7. The molecule has 1 aliphatic rings. The first-order valence-electron chi connectivity index (χ1n) is 9.45. The molecule has 1 aromatic carbocycles. The summed E-state index contributed by atoms with van der Waals surface area (Å²) < 4.78 is 4.94. The molecule has 0 spiro atoms. The minimum atomic E-state index is -0.293. The van der Waals surface area contributed by atoms with Gasteiger partial charge < -0.3 is 14.9 Å². The molecular weight excluding hydrogens is 316 g/mol. The van der Waals surface area contributed by atoms with Crippen LogP contribution in [0.5, 0.6) is 5.75 Å². The van der Waals surface area contributed by atoms with E-state index in [0.29, 0.717) is 24.5 Å². The largest absolute Gasteiger partial charge is 0.507 e. The molecule has 0 aromatic heterocycles. The van der Waals surface area contributed by atoms with Crippen molar-refractivity contribution in [1.82, 2.24) is 0 Å². The fraction of sp³-hybridized carbons (Fsp3) is 0.667. The van der Waals surface area contributed by atoms with Crippen LogP contribution in [-0.4, -0.2) is 29.4 Å². The van der Waals surface area contributed by atoms with E-state index in [1.54, 1.807) is 0 Å². The van der Waals surface area contributed by atoms with E-state index in [9.17, 15) is 9.90 Å². The summed E-state index contributed by atoms with van der Waals surface area (Å²) in [6.45, 7) is 6.21. The van der Waals surface area contributed by atoms with Gasteiger partial charge in [0, 0.05) is 6.42 Å². The first-order chi connectivity index (χ1) is 11.8. The van der Waals surface area contributed by atoms with Gasteiger partial charge in [0.2, 0.25) is 0 Å². The Kier molecular flexibility index (Phi) is 6.88. The Morgan fingerprint density at radius 1 is 1.20 bits per heavy atom. The number of hydrogen-bond donors (Lipinski definition) is 2. The van der Waals surface area contributed by atoms with Gasteiger partial charge in [0.15, 0.2) is 0 Å². The smallest absolute Gasteiger partial charge is 0.306 e. The number of esters is 1. The van der Waals surface area contributed by atoms with E-state index in [1.165, 1.54) is 19.3 Å². The lowest BCUT2D eigenvalue weighted by atomic mass is 9.78. The van der Waals surface area contributed by atoms with Crippen molar-refractivity contribution < 1.29 is 19.7 Å². The van der Waals surface area contributed by atoms with E-state index < -0.39 is 0 Å². The Morgan fingerprint density at radius 2 is 1.88 bits per heavy atom. The van der Waals surface area contributed by atoms with E-state index >= 15 is 0 Å². The maximum atomic E-state index is 11.7.